The predicted octanol–water partition coefficient (Wildman–Crippen LogP) is 8.82. The molecule has 2 nitrogen and oxygen atoms in total. The number of aryl methyl sites for hydroxylation is 4. The van der Waals surface area contributed by atoms with E-state index in [4.69, 9.17) is 9.97 Å². The Hall–Kier alpha value is -3.43. The van der Waals surface area contributed by atoms with E-state index in [2.05, 4.69) is 120 Å². The predicted molar refractivity (Wildman–Crippen MR) is 158 cm³/mol. The van der Waals surface area contributed by atoms with Crippen molar-refractivity contribution in [1.29, 1.82) is 0 Å². The van der Waals surface area contributed by atoms with E-state index in [1.807, 2.05) is 0 Å². The van der Waals surface area contributed by atoms with Crippen molar-refractivity contribution < 1.29 is 22.4 Å². The number of hydrogen-bond donors (Lipinski definition) is 0. The van der Waals surface area contributed by atoms with Crippen molar-refractivity contribution in [2.75, 3.05) is 0 Å². The fourth-order valence-corrected chi connectivity index (χ4v) is 6.29. The molecule has 0 amide bonds. The fourth-order valence-electron chi connectivity index (χ4n) is 6.29. The van der Waals surface area contributed by atoms with Gasteiger partial charge in [-0.15, -0.1) is 51.0 Å². The zero-order valence-electron chi connectivity index (χ0n) is 23.0. The molecular formula is C36H29AuN2. The van der Waals surface area contributed by atoms with E-state index >= 15 is 0 Å². The van der Waals surface area contributed by atoms with Crippen LogP contribution in [0.2, 0.25) is 0 Å². The Morgan fingerprint density at radius 2 is 1.21 bits per heavy atom. The first-order chi connectivity index (χ1) is 18.2. The van der Waals surface area contributed by atoms with Crippen molar-refractivity contribution in [1.82, 2.24) is 9.97 Å². The van der Waals surface area contributed by atoms with Gasteiger partial charge < -0.3 is 4.98 Å². The Bertz CT molecular complexity index is 1940. The average molecular weight is 687 g/mol. The van der Waals surface area contributed by atoms with Crippen LogP contribution in [0.25, 0.3) is 55.3 Å². The standard InChI is InChI=1S/C36H29N2.Au/c1-20-16-21(2)28-18-27(20)26-11-7-10-24-25-12-8-13-31(35(25)38-34(24)26)36(5,6)33-15-9-14-32(37-33)30-19-29(28)22(3)17-23(30)4;/h7-17H,1-6H3;/q-3;+3. The summed E-state index contributed by atoms with van der Waals surface area (Å²) >= 11 is 0. The minimum Gasteiger partial charge on any atom is -0.663 e. The molecule has 0 fully saturated rings. The minimum atomic E-state index is -0.342. The maximum absolute atomic E-state index is 5.34. The molecule has 8 bridgehead atoms. The van der Waals surface area contributed by atoms with Gasteiger partial charge >= 0.3 is 22.4 Å². The number of para-hydroxylation sites is 2. The molecule has 0 radical (unpaired) electrons. The number of benzene rings is 4. The third kappa shape index (κ3) is 3.77. The van der Waals surface area contributed by atoms with E-state index in [1.165, 1.54) is 38.6 Å². The van der Waals surface area contributed by atoms with Gasteiger partial charge in [0.1, 0.15) is 0 Å². The van der Waals surface area contributed by atoms with Gasteiger partial charge in [-0.2, -0.15) is 28.8 Å². The molecule has 1 aliphatic heterocycles. The molecule has 3 heteroatoms. The Morgan fingerprint density at radius 3 is 1.92 bits per heavy atom. The molecule has 2 aromatic heterocycles. The van der Waals surface area contributed by atoms with Gasteiger partial charge in [0, 0.05) is 16.8 Å². The Kier molecular flexibility index (Phi) is 6.00. The van der Waals surface area contributed by atoms with Crippen molar-refractivity contribution in [3.05, 3.63) is 112 Å². The first kappa shape index (κ1) is 25.8. The zero-order valence-corrected chi connectivity index (χ0v) is 25.2. The maximum Gasteiger partial charge on any atom is 3.00 e. The van der Waals surface area contributed by atoms with Crippen LogP contribution in [-0.2, 0) is 27.8 Å². The van der Waals surface area contributed by atoms with E-state index in [0.717, 1.165) is 50.2 Å². The topological polar surface area (TPSA) is 27.0 Å². The smallest absolute Gasteiger partial charge is 0.663 e. The van der Waals surface area contributed by atoms with Gasteiger partial charge in [-0.25, -0.2) is 0 Å². The molecule has 0 aliphatic carbocycles. The SMILES string of the molecule is Cc1cc(C)c2[c-]c1-c1cccc(n1)C(C)(C)c1cccc3c1[n-]c1c(cccc13)-c1[c-]c-2c(C)cc1C.[Au+3]. The number of aromatic nitrogens is 2. The molecule has 0 saturated carbocycles. The summed E-state index contributed by atoms with van der Waals surface area (Å²) in [6.07, 6.45) is 0. The second-order valence-corrected chi connectivity index (χ2v) is 11.3. The van der Waals surface area contributed by atoms with E-state index in [-0.39, 0.29) is 27.8 Å². The molecule has 194 valence electrons. The van der Waals surface area contributed by atoms with Crippen LogP contribution in [0.15, 0.2) is 66.7 Å². The van der Waals surface area contributed by atoms with Gasteiger partial charge in [0.05, 0.1) is 0 Å². The first-order valence-corrected chi connectivity index (χ1v) is 13.3. The molecule has 0 saturated heterocycles. The molecule has 6 aromatic rings. The molecule has 0 unspecified atom stereocenters. The largest absolute Gasteiger partial charge is 3.00 e. The third-order valence-corrected chi connectivity index (χ3v) is 8.37. The maximum atomic E-state index is 5.34. The van der Waals surface area contributed by atoms with Gasteiger partial charge in [-0.1, -0.05) is 101 Å². The molecule has 0 atom stereocenters. The second kappa shape index (κ2) is 9.06. The summed E-state index contributed by atoms with van der Waals surface area (Å²) < 4.78 is 0. The van der Waals surface area contributed by atoms with Crippen LogP contribution in [0.4, 0.5) is 0 Å². The van der Waals surface area contributed by atoms with E-state index in [9.17, 15) is 0 Å². The fraction of sp³-hybridized carbons (Fsp3) is 0.194. The Morgan fingerprint density at radius 1 is 0.641 bits per heavy atom. The molecule has 39 heavy (non-hydrogen) atoms. The van der Waals surface area contributed by atoms with Crippen molar-refractivity contribution in [2.24, 2.45) is 0 Å². The zero-order chi connectivity index (χ0) is 26.3. The van der Waals surface area contributed by atoms with Crippen LogP contribution in [0.1, 0.15) is 47.4 Å². The van der Waals surface area contributed by atoms with Gasteiger partial charge in [-0.3, -0.25) is 4.98 Å². The van der Waals surface area contributed by atoms with Crippen LogP contribution in [0.3, 0.4) is 0 Å². The minimum absolute atomic E-state index is 0. The van der Waals surface area contributed by atoms with Crippen molar-refractivity contribution in [3.8, 4) is 33.5 Å². The van der Waals surface area contributed by atoms with Crippen molar-refractivity contribution in [3.63, 3.8) is 0 Å². The average Bonchev–Trinajstić information content (AvgIpc) is 3.28. The van der Waals surface area contributed by atoms with Crippen LogP contribution in [0, 0.1) is 39.8 Å². The molecular weight excluding hydrogens is 657 g/mol. The summed E-state index contributed by atoms with van der Waals surface area (Å²) in [5, 5.41) is 2.37. The van der Waals surface area contributed by atoms with E-state index in [0.29, 0.717) is 0 Å². The monoisotopic (exact) mass is 686 g/mol. The number of pyridine rings is 1. The quantitative estimate of drug-likeness (QED) is 0.118. The van der Waals surface area contributed by atoms with Gasteiger partial charge in [0.25, 0.3) is 0 Å². The van der Waals surface area contributed by atoms with E-state index in [1.54, 1.807) is 0 Å². The summed E-state index contributed by atoms with van der Waals surface area (Å²) in [7, 11) is 0. The number of fused-ring (bicyclic) bond motifs is 10. The number of nitrogens with zero attached hydrogens (tertiary/aromatic N) is 2. The van der Waals surface area contributed by atoms with Crippen LogP contribution in [-0.4, -0.2) is 4.98 Å². The molecule has 0 N–H and O–H groups in total. The summed E-state index contributed by atoms with van der Waals surface area (Å²) in [6.45, 7) is 13.2. The Labute approximate surface area is 246 Å². The number of rotatable bonds is 0. The molecule has 4 aromatic carbocycles. The first-order valence-electron chi connectivity index (χ1n) is 13.3. The molecule has 1 aliphatic rings. The van der Waals surface area contributed by atoms with Crippen molar-refractivity contribution >= 4 is 21.8 Å². The summed E-state index contributed by atoms with van der Waals surface area (Å²) in [5.41, 5.74) is 15.1. The van der Waals surface area contributed by atoms with E-state index < -0.39 is 0 Å². The Balaban J connectivity index is 0.00000277. The molecule has 7 rings (SSSR count). The van der Waals surface area contributed by atoms with Gasteiger partial charge in [0.2, 0.25) is 0 Å². The molecule has 0 spiro atoms. The van der Waals surface area contributed by atoms with Gasteiger partial charge in [0.15, 0.2) is 0 Å². The normalized spacial score (nSPS) is 13.4. The summed E-state index contributed by atoms with van der Waals surface area (Å²) in [5.74, 6) is 0. The van der Waals surface area contributed by atoms with Crippen LogP contribution in [0.5, 0.6) is 0 Å². The molecule has 3 heterocycles. The van der Waals surface area contributed by atoms with Crippen LogP contribution >= 0.6 is 0 Å². The second-order valence-electron chi connectivity index (χ2n) is 11.3. The summed E-state index contributed by atoms with van der Waals surface area (Å²) in [4.78, 5) is 10.6. The van der Waals surface area contributed by atoms with Crippen molar-refractivity contribution in [2.45, 2.75) is 47.0 Å². The summed E-state index contributed by atoms with van der Waals surface area (Å²) in [6, 6.07) is 31.7. The third-order valence-electron chi connectivity index (χ3n) is 8.37. The van der Waals surface area contributed by atoms with Gasteiger partial charge in [-0.05, 0) is 16.8 Å². The van der Waals surface area contributed by atoms with Crippen LogP contribution < -0.4 is 4.98 Å². The number of hydrogen-bond acceptors (Lipinski definition) is 1.